The van der Waals surface area contributed by atoms with Gasteiger partial charge in [-0.25, -0.2) is 4.79 Å². The number of carbonyl (C=O) groups excluding carboxylic acids is 1. The highest BCUT2D eigenvalue weighted by Gasteiger charge is 2.65. The summed E-state index contributed by atoms with van der Waals surface area (Å²) in [5.41, 5.74) is -0.00769. The molecule has 1 aliphatic carbocycles. The van der Waals surface area contributed by atoms with Gasteiger partial charge in [-0.3, -0.25) is 9.59 Å². The van der Waals surface area contributed by atoms with Crippen LogP contribution in [0.1, 0.15) is 13.8 Å². The summed E-state index contributed by atoms with van der Waals surface area (Å²) in [6, 6.07) is 7.81. The molecule has 0 unspecified atom stereocenters. The first-order chi connectivity index (χ1) is 10.3. The summed E-state index contributed by atoms with van der Waals surface area (Å²) in [6.45, 7) is 3.54. The Morgan fingerprint density at radius 3 is 2.55 bits per heavy atom. The molecule has 0 saturated heterocycles. The van der Waals surface area contributed by atoms with E-state index in [0.717, 1.165) is 0 Å². The highest BCUT2D eigenvalue weighted by Crippen LogP contribution is 2.58. The van der Waals surface area contributed by atoms with Gasteiger partial charge in [-0.15, -0.1) is 0 Å². The lowest BCUT2D eigenvalue weighted by atomic mass is 10.1. The molecule has 114 valence electrons. The summed E-state index contributed by atoms with van der Waals surface area (Å²) >= 11 is 0. The number of anilines is 1. The third kappa shape index (κ3) is 2.26. The monoisotopic (exact) mass is 301 g/mol. The number of hydrogen-bond acceptors (Lipinski definition) is 4. The SMILES string of the molecule is CC1(C)[C@@H](C(=O)O)[C@@H]1C(=O)Nc1ccc2oc(=O)ccc2c1. The van der Waals surface area contributed by atoms with E-state index in [0.29, 0.717) is 16.7 Å². The number of carbonyl (C=O) groups is 2. The van der Waals surface area contributed by atoms with Crippen molar-refractivity contribution in [3.8, 4) is 0 Å². The third-order valence-electron chi connectivity index (χ3n) is 4.26. The van der Waals surface area contributed by atoms with Crippen molar-refractivity contribution in [2.75, 3.05) is 5.32 Å². The van der Waals surface area contributed by atoms with Crippen molar-refractivity contribution in [1.29, 1.82) is 0 Å². The maximum atomic E-state index is 12.2. The second kappa shape index (κ2) is 4.69. The molecule has 3 rings (SSSR count). The average molecular weight is 301 g/mol. The number of amides is 1. The highest BCUT2D eigenvalue weighted by molar-refractivity contribution is 6.00. The van der Waals surface area contributed by atoms with E-state index in [1.165, 1.54) is 6.07 Å². The Bertz CT molecular complexity index is 836. The van der Waals surface area contributed by atoms with Crippen LogP contribution in [-0.4, -0.2) is 17.0 Å². The standard InChI is InChI=1S/C16H15NO5/c1-16(2)12(13(16)15(20)21)14(19)17-9-4-5-10-8(7-9)3-6-11(18)22-10/h3-7,12-13H,1-2H3,(H,17,19)(H,20,21)/t12-,13-/m1/s1. The molecular formula is C16H15NO5. The predicted molar refractivity (Wildman–Crippen MR) is 79.5 cm³/mol. The number of nitrogens with one attached hydrogen (secondary N) is 1. The van der Waals surface area contributed by atoms with Gasteiger partial charge in [0.15, 0.2) is 0 Å². The average Bonchev–Trinajstić information content (AvgIpc) is 3.02. The molecule has 6 nitrogen and oxygen atoms in total. The second-order valence-corrected chi connectivity index (χ2v) is 6.11. The number of aliphatic carboxylic acids is 1. The molecule has 2 aromatic rings. The molecule has 1 fully saturated rings. The van der Waals surface area contributed by atoms with E-state index in [-0.39, 0.29) is 5.91 Å². The van der Waals surface area contributed by atoms with Crippen molar-refractivity contribution in [3.63, 3.8) is 0 Å². The predicted octanol–water partition coefficient (Wildman–Crippen LogP) is 2.09. The summed E-state index contributed by atoms with van der Waals surface area (Å²) in [5, 5.41) is 12.5. The first-order valence-electron chi connectivity index (χ1n) is 6.88. The fourth-order valence-electron chi connectivity index (χ4n) is 2.96. The van der Waals surface area contributed by atoms with Gasteiger partial charge in [-0.05, 0) is 29.7 Å². The first-order valence-corrected chi connectivity index (χ1v) is 6.88. The molecule has 1 amide bonds. The Morgan fingerprint density at radius 1 is 1.18 bits per heavy atom. The van der Waals surface area contributed by atoms with E-state index in [1.54, 1.807) is 38.1 Å². The number of hydrogen-bond donors (Lipinski definition) is 2. The van der Waals surface area contributed by atoms with Crippen LogP contribution in [0.3, 0.4) is 0 Å². The van der Waals surface area contributed by atoms with Gasteiger partial charge < -0.3 is 14.8 Å². The van der Waals surface area contributed by atoms with Crippen molar-refractivity contribution >= 4 is 28.5 Å². The Balaban J connectivity index is 1.82. The van der Waals surface area contributed by atoms with Gasteiger partial charge in [0.05, 0.1) is 11.8 Å². The quantitative estimate of drug-likeness (QED) is 0.846. The summed E-state index contributed by atoms with van der Waals surface area (Å²) in [7, 11) is 0. The molecule has 0 radical (unpaired) electrons. The van der Waals surface area contributed by atoms with Crippen LogP contribution in [0.2, 0.25) is 0 Å². The summed E-state index contributed by atoms with van der Waals surface area (Å²) in [4.78, 5) is 34.5. The first kappa shape index (κ1) is 14.3. The van der Waals surface area contributed by atoms with Crippen molar-refractivity contribution in [2.45, 2.75) is 13.8 Å². The van der Waals surface area contributed by atoms with E-state index in [9.17, 15) is 14.4 Å². The van der Waals surface area contributed by atoms with E-state index >= 15 is 0 Å². The largest absolute Gasteiger partial charge is 0.481 e. The van der Waals surface area contributed by atoms with Crippen LogP contribution < -0.4 is 10.9 Å². The van der Waals surface area contributed by atoms with Gasteiger partial charge >= 0.3 is 11.6 Å². The van der Waals surface area contributed by atoms with Gasteiger partial charge in [0.1, 0.15) is 5.58 Å². The summed E-state index contributed by atoms with van der Waals surface area (Å²) in [6.07, 6.45) is 0. The molecule has 2 atom stereocenters. The van der Waals surface area contributed by atoms with Crippen molar-refractivity contribution in [1.82, 2.24) is 0 Å². The van der Waals surface area contributed by atoms with Crippen LogP contribution >= 0.6 is 0 Å². The number of fused-ring (bicyclic) bond motifs is 1. The third-order valence-corrected chi connectivity index (χ3v) is 4.26. The van der Waals surface area contributed by atoms with Crippen LogP contribution in [0, 0.1) is 17.3 Å². The summed E-state index contributed by atoms with van der Waals surface area (Å²) < 4.78 is 5.02. The van der Waals surface area contributed by atoms with Gasteiger partial charge in [0, 0.05) is 17.1 Å². The van der Waals surface area contributed by atoms with E-state index in [2.05, 4.69) is 5.32 Å². The fraction of sp³-hybridized carbons (Fsp3) is 0.312. The number of carboxylic acid groups (broad SMARTS) is 1. The molecule has 2 N–H and O–H groups in total. The van der Waals surface area contributed by atoms with Crippen LogP contribution in [0.4, 0.5) is 5.69 Å². The highest BCUT2D eigenvalue weighted by atomic mass is 16.4. The van der Waals surface area contributed by atoms with Crippen molar-refractivity contribution in [3.05, 3.63) is 40.8 Å². The maximum Gasteiger partial charge on any atom is 0.336 e. The molecule has 22 heavy (non-hydrogen) atoms. The maximum absolute atomic E-state index is 12.2. The van der Waals surface area contributed by atoms with E-state index in [4.69, 9.17) is 9.52 Å². The van der Waals surface area contributed by atoms with E-state index < -0.39 is 28.8 Å². The second-order valence-electron chi connectivity index (χ2n) is 6.11. The molecule has 0 aliphatic heterocycles. The van der Waals surface area contributed by atoms with Gasteiger partial charge in [0.25, 0.3) is 0 Å². The zero-order valence-corrected chi connectivity index (χ0v) is 12.1. The zero-order chi connectivity index (χ0) is 16.1. The minimum absolute atomic E-state index is 0.311. The minimum Gasteiger partial charge on any atom is -0.481 e. The molecule has 6 heteroatoms. The molecule has 0 spiro atoms. The van der Waals surface area contributed by atoms with Gasteiger partial charge in [-0.1, -0.05) is 13.8 Å². The van der Waals surface area contributed by atoms with E-state index in [1.807, 2.05) is 0 Å². The van der Waals surface area contributed by atoms with Crippen LogP contribution in [-0.2, 0) is 9.59 Å². The topological polar surface area (TPSA) is 96.6 Å². The molecule has 0 bridgehead atoms. The lowest BCUT2D eigenvalue weighted by molar-refractivity contribution is -0.140. The van der Waals surface area contributed by atoms with Crippen LogP contribution in [0.25, 0.3) is 11.0 Å². The molecule has 1 aromatic carbocycles. The minimum atomic E-state index is -0.953. The molecule has 1 aromatic heterocycles. The molecule has 1 aliphatic rings. The Kier molecular flexibility index (Phi) is 3.05. The lowest BCUT2D eigenvalue weighted by Gasteiger charge is -2.07. The summed E-state index contributed by atoms with van der Waals surface area (Å²) in [5.74, 6) is -2.47. The normalized spacial score (nSPS) is 22.3. The smallest absolute Gasteiger partial charge is 0.336 e. The fourth-order valence-corrected chi connectivity index (χ4v) is 2.96. The Hall–Kier alpha value is -2.63. The molecule has 1 saturated carbocycles. The Labute approximate surface area is 125 Å². The van der Waals surface area contributed by atoms with Gasteiger partial charge in [-0.2, -0.15) is 0 Å². The van der Waals surface area contributed by atoms with Crippen LogP contribution in [0.5, 0.6) is 0 Å². The number of carboxylic acids is 1. The van der Waals surface area contributed by atoms with Crippen molar-refractivity contribution in [2.24, 2.45) is 17.3 Å². The van der Waals surface area contributed by atoms with Crippen molar-refractivity contribution < 1.29 is 19.1 Å². The lowest BCUT2D eigenvalue weighted by Crippen LogP contribution is -2.17. The number of rotatable bonds is 3. The number of benzene rings is 1. The zero-order valence-electron chi connectivity index (χ0n) is 12.1. The van der Waals surface area contributed by atoms with Gasteiger partial charge in [0.2, 0.25) is 5.91 Å². The molecule has 1 heterocycles. The Morgan fingerprint density at radius 2 is 1.91 bits per heavy atom. The van der Waals surface area contributed by atoms with Crippen LogP contribution in [0.15, 0.2) is 39.5 Å². The molecular weight excluding hydrogens is 286 g/mol.